The van der Waals surface area contributed by atoms with Crippen LogP contribution in [-0.4, -0.2) is 16.5 Å². The van der Waals surface area contributed by atoms with E-state index in [9.17, 15) is 9.90 Å². The van der Waals surface area contributed by atoms with Gasteiger partial charge in [0.1, 0.15) is 11.5 Å². The lowest BCUT2D eigenvalue weighted by molar-refractivity contribution is -0.135. The molecular weight excluding hydrogens is 396 g/mol. The van der Waals surface area contributed by atoms with Crippen molar-refractivity contribution in [2.75, 3.05) is 0 Å². The second kappa shape index (κ2) is 11.6. The highest BCUT2D eigenvalue weighted by atomic mass is 16.5. The molecule has 1 N–H and O–H groups in total. The van der Waals surface area contributed by atoms with E-state index in [1.165, 1.54) is 38.5 Å². The van der Waals surface area contributed by atoms with Gasteiger partial charge in [0.2, 0.25) is 0 Å². The Morgan fingerprint density at radius 3 is 1.94 bits per heavy atom. The van der Waals surface area contributed by atoms with Crippen LogP contribution in [0.25, 0.3) is 0 Å². The zero-order valence-electron chi connectivity index (χ0n) is 22.1. The van der Waals surface area contributed by atoms with Crippen molar-refractivity contribution in [3.8, 4) is 11.5 Å². The summed E-state index contributed by atoms with van der Waals surface area (Å²) in [6.07, 6.45) is 11.3. The Labute approximate surface area is 197 Å². The van der Waals surface area contributed by atoms with Gasteiger partial charge < -0.3 is 9.84 Å². The van der Waals surface area contributed by atoms with E-state index >= 15 is 0 Å². The van der Waals surface area contributed by atoms with Crippen molar-refractivity contribution in [2.45, 2.75) is 125 Å². The minimum atomic E-state index is -0.752. The third kappa shape index (κ3) is 6.75. The topological polar surface area (TPSA) is 46.5 Å². The van der Waals surface area contributed by atoms with Crippen LogP contribution in [0.5, 0.6) is 11.5 Å². The molecule has 0 saturated heterocycles. The number of ether oxygens (including phenoxy) is 1. The number of benzene rings is 1. The minimum Gasteiger partial charge on any atom is -0.507 e. The molecule has 1 aromatic carbocycles. The number of carbonyl (C=O) groups excluding carboxylic acids is 1. The van der Waals surface area contributed by atoms with Gasteiger partial charge in [-0.3, -0.25) is 4.79 Å². The molecule has 32 heavy (non-hydrogen) atoms. The highest BCUT2D eigenvalue weighted by Crippen LogP contribution is 2.43. The Morgan fingerprint density at radius 1 is 0.844 bits per heavy atom. The van der Waals surface area contributed by atoms with E-state index in [-0.39, 0.29) is 5.78 Å². The summed E-state index contributed by atoms with van der Waals surface area (Å²) in [5.74, 6) is 3.60. The second-order valence-corrected chi connectivity index (χ2v) is 11.3. The summed E-state index contributed by atoms with van der Waals surface area (Å²) >= 11 is 0. The van der Waals surface area contributed by atoms with Crippen molar-refractivity contribution < 1.29 is 14.6 Å². The summed E-state index contributed by atoms with van der Waals surface area (Å²) < 4.78 is 6.37. The van der Waals surface area contributed by atoms with Crippen LogP contribution in [0, 0.1) is 38.5 Å². The predicted octanol–water partition coefficient (Wildman–Crippen LogP) is 8.02. The van der Waals surface area contributed by atoms with Gasteiger partial charge in [-0.15, -0.1) is 0 Å². The number of rotatable bonds is 12. The van der Waals surface area contributed by atoms with Crippen molar-refractivity contribution in [1.29, 1.82) is 0 Å². The average molecular weight is 445 g/mol. The van der Waals surface area contributed by atoms with E-state index in [0.717, 1.165) is 59.1 Å². The largest absolute Gasteiger partial charge is 0.507 e. The summed E-state index contributed by atoms with van der Waals surface area (Å²) in [6, 6.07) is 0. The van der Waals surface area contributed by atoms with Gasteiger partial charge in [-0.2, -0.15) is 0 Å². The monoisotopic (exact) mass is 444 g/mol. The summed E-state index contributed by atoms with van der Waals surface area (Å²) in [6.45, 7) is 17.1. The molecule has 3 nitrogen and oxygen atoms in total. The molecule has 1 heterocycles. The van der Waals surface area contributed by atoms with Gasteiger partial charge >= 0.3 is 0 Å². The first-order valence-electron chi connectivity index (χ1n) is 13.0. The molecule has 0 aromatic heterocycles. The molecule has 0 bridgehead atoms. The number of Topliss-reactive ketones (excluding diaryl/α,β-unsaturated/α-hetero) is 1. The number of ketones is 1. The molecule has 0 spiro atoms. The minimum absolute atomic E-state index is 0.138. The number of carbonyl (C=O) groups is 1. The predicted molar refractivity (Wildman–Crippen MR) is 135 cm³/mol. The third-order valence-corrected chi connectivity index (χ3v) is 7.82. The fourth-order valence-electron chi connectivity index (χ4n) is 5.11. The van der Waals surface area contributed by atoms with Gasteiger partial charge in [0.25, 0.3) is 0 Å². The van der Waals surface area contributed by atoms with Crippen molar-refractivity contribution in [3.05, 3.63) is 22.3 Å². The van der Waals surface area contributed by atoms with Crippen molar-refractivity contribution in [2.24, 2.45) is 17.8 Å². The molecular formula is C29H48O3. The molecule has 182 valence electrons. The Kier molecular flexibility index (Phi) is 9.67. The Hall–Kier alpha value is -1.51. The average Bonchev–Trinajstić information content (AvgIpc) is 2.72. The van der Waals surface area contributed by atoms with Gasteiger partial charge in [-0.1, -0.05) is 72.6 Å². The number of hydrogen-bond acceptors (Lipinski definition) is 3. The number of phenols is 1. The fraction of sp³-hybridized carbons (Fsp3) is 0.759. The molecule has 3 heteroatoms. The van der Waals surface area contributed by atoms with Crippen LogP contribution >= 0.6 is 0 Å². The van der Waals surface area contributed by atoms with Gasteiger partial charge in [-0.25, -0.2) is 0 Å². The maximum Gasteiger partial charge on any atom is 0.180 e. The molecule has 3 atom stereocenters. The lowest BCUT2D eigenvalue weighted by Crippen LogP contribution is -2.46. The summed E-state index contributed by atoms with van der Waals surface area (Å²) in [4.78, 5) is 13.0. The Balaban J connectivity index is 1.81. The lowest BCUT2D eigenvalue weighted by atomic mass is 9.83. The molecule has 0 aliphatic carbocycles. The molecule has 1 aliphatic heterocycles. The first-order valence-corrected chi connectivity index (χ1v) is 13.0. The number of phenolic OH excluding ortho intramolecular Hbond substituents is 1. The maximum absolute atomic E-state index is 13.0. The quantitative estimate of drug-likeness (QED) is 0.355. The molecule has 3 unspecified atom stereocenters. The normalized spacial score (nSPS) is 20.2. The highest BCUT2D eigenvalue weighted by molar-refractivity contribution is 5.92. The van der Waals surface area contributed by atoms with Crippen molar-refractivity contribution in [1.82, 2.24) is 0 Å². The second-order valence-electron chi connectivity index (χ2n) is 11.3. The van der Waals surface area contributed by atoms with Crippen LogP contribution in [0.1, 0.15) is 115 Å². The molecule has 1 aromatic rings. The van der Waals surface area contributed by atoms with Gasteiger partial charge in [0.05, 0.1) is 0 Å². The summed E-state index contributed by atoms with van der Waals surface area (Å²) in [5.41, 5.74) is 2.70. The van der Waals surface area contributed by atoms with E-state index in [4.69, 9.17) is 4.74 Å². The lowest BCUT2D eigenvalue weighted by Gasteiger charge is -2.37. The third-order valence-electron chi connectivity index (χ3n) is 7.82. The van der Waals surface area contributed by atoms with Crippen molar-refractivity contribution in [3.63, 3.8) is 0 Å². The van der Waals surface area contributed by atoms with Crippen LogP contribution in [0.3, 0.4) is 0 Å². The molecule has 2 rings (SSSR count). The highest BCUT2D eigenvalue weighted by Gasteiger charge is 2.41. The standard InChI is InChI=1S/C29H48O3/c1-19(2)12-9-13-20(3)14-10-15-21(4)16-11-17-29(8)26(30)18-25-24(7)27(31)22(5)23(6)28(25)32-29/h19-21,31H,9-18H2,1-8H3. The Bertz CT molecular complexity index is 779. The van der Waals surface area contributed by atoms with E-state index in [1.54, 1.807) is 0 Å². The maximum atomic E-state index is 13.0. The molecule has 0 saturated carbocycles. The fourth-order valence-corrected chi connectivity index (χ4v) is 5.11. The van der Waals surface area contributed by atoms with Crippen LogP contribution in [0.2, 0.25) is 0 Å². The first kappa shape index (κ1) is 26.7. The van der Waals surface area contributed by atoms with E-state index in [0.29, 0.717) is 18.1 Å². The van der Waals surface area contributed by atoms with Crippen LogP contribution in [0.15, 0.2) is 0 Å². The zero-order chi connectivity index (χ0) is 24.1. The van der Waals surface area contributed by atoms with Gasteiger partial charge in [0, 0.05) is 12.0 Å². The zero-order valence-corrected chi connectivity index (χ0v) is 22.1. The Morgan fingerprint density at radius 2 is 1.38 bits per heavy atom. The van der Waals surface area contributed by atoms with Crippen molar-refractivity contribution >= 4 is 5.78 Å². The van der Waals surface area contributed by atoms with E-state index < -0.39 is 5.60 Å². The van der Waals surface area contributed by atoms with E-state index in [1.807, 2.05) is 27.7 Å². The van der Waals surface area contributed by atoms with Gasteiger partial charge in [-0.05, 0) is 75.0 Å². The SMILES string of the molecule is Cc1c(C)c2c(c(C)c1O)CC(=O)C(C)(CCCC(C)CCCC(C)CCCC(C)C)O2. The first-order chi connectivity index (χ1) is 15.0. The summed E-state index contributed by atoms with van der Waals surface area (Å²) in [5, 5.41) is 10.4. The van der Waals surface area contributed by atoms with Crippen LogP contribution in [-0.2, 0) is 11.2 Å². The van der Waals surface area contributed by atoms with Crippen LogP contribution < -0.4 is 4.74 Å². The number of fused-ring (bicyclic) bond motifs is 1. The van der Waals surface area contributed by atoms with E-state index in [2.05, 4.69) is 27.7 Å². The molecule has 0 fully saturated rings. The van der Waals surface area contributed by atoms with Gasteiger partial charge in [0.15, 0.2) is 11.4 Å². The molecule has 1 aliphatic rings. The molecule has 0 radical (unpaired) electrons. The van der Waals surface area contributed by atoms with Crippen LogP contribution in [0.4, 0.5) is 0 Å². The smallest absolute Gasteiger partial charge is 0.180 e. The number of hydrogen-bond donors (Lipinski definition) is 1. The molecule has 0 amide bonds. The number of aromatic hydroxyl groups is 1. The summed E-state index contributed by atoms with van der Waals surface area (Å²) in [7, 11) is 0.